The highest BCUT2D eigenvalue weighted by molar-refractivity contribution is 6.31. The fourth-order valence-corrected chi connectivity index (χ4v) is 2.64. The zero-order valence-corrected chi connectivity index (χ0v) is 13.0. The van der Waals surface area contributed by atoms with Crippen LogP contribution in [0.15, 0.2) is 30.3 Å². The van der Waals surface area contributed by atoms with Crippen LogP contribution in [0.4, 0.5) is 0 Å². The van der Waals surface area contributed by atoms with Crippen molar-refractivity contribution in [3.63, 3.8) is 0 Å². The van der Waals surface area contributed by atoms with Crippen LogP contribution in [0, 0.1) is 0 Å². The van der Waals surface area contributed by atoms with E-state index in [-0.39, 0.29) is 0 Å². The predicted molar refractivity (Wildman–Crippen MR) is 84.1 cm³/mol. The Morgan fingerprint density at radius 1 is 1.25 bits per heavy atom. The van der Waals surface area contributed by atoms with Gasteiger partial charge in [0, 0.05) is 13.6 Å². The Balaban J connectivity index is 1.75. The highest BCUT2D eigenvalue weighted by atomic mass is 35.5. The molecule has 1 aromatic heterocycles. The highest BCUT2D eigenvalue weighted by Crippen LogP contribution is 2.20. The molecule has 0 amide bonds. The summed E-state index contributed by atoms with van der Waals surface area (Å²) >= 11 is 6.32. The van der Waals surface area contributed by atoms with Gasteiger partial charge in [-0.1, -0.05) is 48.9 Å². The second-order valence-electron chi connectivity index (χ2n) is 4.95. The summed E-state index contributed by atoms with van der Waals surface area (Å²) in [5, 5.41) is 8.68. The molecule has 0 bridgehead atoms. The molecule has 2 rings (SSSR count). The average molecular weight is 292 g/mol. The van der Waals surface area contributed by atoms with Crippen molar-refractivity contribution in [1.82, 2.24) is 15.1 Å². The van der Waals surface area contributed by atoms with E-state index in [0.29, 0.717) is 0 Å². The van der Waals surface area contributed by atoms with Gasteiger partial charge in [0.05, 0.1) is 16.4 Å². The lowest BCUT2D eigenvalue weighted by molar-refractivity contribution is 0.605. The molecule has 1 aromatic carbocycles. The molecule has 1 heterocycles. The molecule has 0 aliphatic carbocycles. The Hall–Kier alpha value is -1.32. The molecule has 0 aliphatic rings. The van der Waals surface area contributed by atoms with Crippen LogP contribution in [-0.2, 0) is 26.4 Å². The van der Waals surface area contributed by atoms with Gasteiger partial charge in [0.25, 0.3) is 0 Å². The number of aryl methyl sites for hydroxylation is 3. The monoisotopic (exact) mass is 291 g/mol. The largest absolute Gasteiger partial charge is 0.311 e. The molecule has 0 fully saturated rings. The molecule has 0 atom stereocenters. The lowest BCUT2D eigenvalue weighted by Gasteiger charge is -2.06. The maximum atomic E-state index is 6.32. The normalized spacial score (nSPS) is 10.9. The SMILES string of the molecule is CCc1nn(C)c(CNCCCc2ccccc2)c1Cl. The summed E-state index contributed by atoms with van der Waals surface area (Å²) in [4.78, 5) is 0. The van der Waals surface area contributed by atoms with Gasteiger partial charge in [-0.15, -0.1) is 0 Å². The van der Waals surface area contributed by atoms with Gasteiger partial charge < -0.3 is 5.32 Å². The van der Waals surface area contributed by atoms with Crippen molar-refractivity contribution in [1.29, 1.82) is 0 Å². The summed E-state index contributed by atoms with van der Waals surface area (Å²) in [6, 6.07) is 10.6. The van der Waals surface area contributed by atoms with Crippen molar-refractivity contribution in [3.8, 4) is 0 Å². The molecule has 0 aliphatic heterocycles. The fourth-order valence-electron chi connectivity index (χ4n) is 2.28. The second-order valence-corrected chi connectivity index (χ2v) is 5.33. The van der Waals surface area contributed by atoms with Gasteiger partial charge in [0.1, 0.15) is 0 Å². The first-order valence-electron chi connectivity index (χ1n) is 7.17. The van der Waals surface area contributed by atoms with Crippen molar-refractivity contribution in [2.75, 3.05) is 6.54 Å². The van der Waals surface area contributed by atoms with Crippen LogP contribution in [0.25, 0.3) is 0 Å². The summed E-state index contributed by atoms with van der Waals surface area (Å²) in [6.45, 7) is 3.83. The quantitative estimate of drug-likeness (QED) is 0.793. The van der Waals surface area contributed by atoms with Crippen LogP contribution in [-0.4, -0.2) is 16.3 Å². The topological polar surface area (TPSA) is 29.9 Å². The van der Waals surface area contributed by atoms with E-state index < -0.39 is 0 Å². The van der Waals surface area contributed by atoms with E-state index in [4.69, 9.17) is 11.6 Å². The summed E-state index contributed by atoms with van der Waals surface area (Å²) in [7, 11) is 1.95. The highest BCUT2D eigenvalue weighted by Gasteiger charge is 2.11. The molecule has 1 N–H and O–H groups in total. The van der Waals surface area contributed by atoms with E-state index >= 15 is 0 Å². The summed E-state index contributed by atoms with van der Waals surface area (Å²) < 4.78 is 1.88. The van der Waals surface area contributed by atoms with Gasteiger partial charge in [-0.3, -0.25) is 4.68 Å². The van der Waals surface area contributed by atoms with Crippen LogP contribution in [0.2, 0.25) is 5.02 Å². The van der Waals surface area contributed by atoms with Crippen molar-refractivity contribution >= 4 is 11.6 Å². The van der Waals surface area contributed by atoms with Crippen LogP contribution >= 0.6 is 11.6 Å². The number of aromatic nitrogens is 2. The van der Waals surface area contributed by atoms with Crippen molar-refractivity contribution in [2.45, 2.75) is 32.7 Å². The van der Waals surface area contributed by atoms with Gasteiger partial charge in [0.2, 0.25) is 0 Å². The molecule has 20 heavy (non-hydrogen) atoms. The lowest BCUT2D eigenvalue weighted by Crippen LogP contribution is -2.17. The van der Waals surface area contributed by atoms with Crippen molar-refractivity contribution in [3.05, 3.63) is 52.3 Å². The number of benzene rings is 1. The molecule has 4 heteroatoms. The van der Waals surface area contributed by atoms with Gasteiger partial charge in [-0.25, -0.2) is 0 Å². The zero-order valence-electron chi connectivity index (χ0n) is 12.2. The molecule has 0 radical (unpaired) electrons. The van der Waals surface area contributed by atoms with Gasteiger partial charge in [0.15, 0.2) is 0 Å². The average Bonchev–Trinajstić information content (AvgIpc) is 2.75. The predicted octanol–water partition coefficient (Wildman–Crippen LogP) is 3.36. The molecule has 0 saturated carbocycles. The summed E-state index contributed by atoms with van der Waals surface area (Å²) in [6.07, 6.45) is 3.11. The maximum absolute atomic E-state index is 6.32. The molecule has 2 aromatic rings. The molecular formula is C16H22ClN3. The van der Waals surface area contributed by atoms with E-state index in [1.165, 1.54) is 5.56 Å². The number of hydrogen-bond donors (Lipinski definition) is 1. The Kier molecular flexibility index (Phi) is 5.62. The smallest absolute Gasteiger partial charge is 0.0863 e. The minimum absolute atomic E-state index is 0.775. The zero-order chi connectivity index (χ0) is 14.4. The van der Waals surface area contributed by atoms with Gasteiger partial charge >= 0.3 is 0 Å². The Bertz CT molecular complexity index is 534. The van der Waals surface area contributed by atoms with E-state index in [9.17, 15) is 0 Å². The minimum atomic E-state index is 0.775. The number of rotatable bonds is 7. The number of hydrogen-bond acceptors (Lipinski definition) is 2. The Labute approximate surface area is 126 Å². The lowest BCUT2D eigenvalue weighted by atomic mass is 10.1. The first kappa shape index (κ1) is 15.1. The standard InChI is InChI=1S/C16H22ClN3/c1-3-14-16(17)15(20(2)19-14)12-18-11-7-10-13-8-5-4-6-9-13/h4-6,8-9,18H,3,7,10-12H2,1-2H3. The van der Waals surface area contributed by atoms with E-state index in [2.05, 4.69) is 47.7 Å². The summed E-state index contributed by atoms with van der Waals surface area (Å²) in [5.41, 5.74) is 3.44. The molecule has 3 nitrogen and oxygen atoms in total. The van der Waals surface area contributed by atoms with Crippen molar-refractivity contribution in [2.24, 2.45) is 7.05 Å². The van der Waals surface area contributed by atoms with Gasteiger partial charge in [-0.05, 0) is 31.4 Å². The minimum Gasteiger partial charge on any atom is -0.311 e. The van der Waals surface area contributed by atoms with E-state index in [1.54, 1.807) is 0 Å². The van der Waals surface area contributed by atoms with Crippen LogP contribution < -0.4 is 5.32 Å². The third kappa shape index (κ3) is 3.84. The molecule has 108 valence electrons. The van der Waals surface area contributed by atoms with Gasteiger partial charge in [-0.2, -0.15) is 5.10 Å². The maximum Gasteiger partial charge on any atom is 0.0863 e. The number of nitrogens with one attached hydrogen (secondary N) is 1. The third-order valence-corrected chi connectivity index (χ3v) is 3.89. The molecule has 0 unspecified atom stereocenters. The Morgan fingerprint density at radius 2 is 2.00 bits per heavy atom. The molecular weight excluding hydrogens is 270 g/mol. The first-order valence-corrected chi connectivity index (χ1v) is 7.55. The molecule has 0 spiro atoms. The number of nitrogens with zero attached hydrogens (tertiary/aromatic N) is 2. The summed E-state index contributed by atoms with van der Waals surface area (Å²) in [5.74, 6) is 0. The van der Waals surface area contributed by atoms with E-state index in [0.717, 1.165) is 48.8 Å². The first-order chi connectivity index (χ1) is 9.72. The van der Waals surface area contributed by atoms with Crippen LogP contribution in [0.1, 0.15) is 30.3 Å². The van der Waals surface area contributed by atoms with Crippen molar-refractivity contribution < 1.29 is 0 Å². The fraction of sp³-hybridized carbons (Fsp3) is 0.438. The van der Waals surface area contributed by atoms with Crippen LogP contribution in [0.3, 0.4) is 0 Å². The Morgan fingerprint density at radius 3 is 2.65 bits per heavy atom. The second kappa shape index (κ2) is 7.46. The molecule has 0 saturated heterocycles. The third-order valence-electron chi connectivity index (χ3n) is 3.46. The number of halogens is 1. The van der Waals surface area contributed by atoms with Crippen LogP contribution in [0.5, 0.6) is 0 Å². The van der Waals surface area contributed by atoms with E-state index in [1.807, 2.05) is 11.7 Å².